The Bertz CT molecular complexity index is 636. The van der Waals surface area contributed by atoms with Crippen molar-refractivity contribution in [3.63, 3.8) is 0 Å². The quantitative estimate of drug-likeness (QED) is 0.822. The van der Waals surface area contributed by atoms with Gasteiger partial charge in [-0.15, -0.1) is 0 Å². The summed E-state index contributed by atoms with van der Waals surface area (Å²) in [5, 5.41) is 7.16. The minimum atomic E-state index is -0.0769. The van der Waals surface area contributed by atoms with Crippen LogP contribution in [0.4, 0.5) is 0 Å². The van der Waals surface area contributed by atoms with Crippen LogP contribution in [-0.2, 0) is 11.2 Å². The maximum Gasteiger partial charge on any atom is 0.274 e. The summed E-state index contributed by atoms with van der Waals surface area (Å²) in [4.78, 5) is 31.4. The number of piperidine rings is 1. The van der Waals surface area contributed by atoms with Crippen molar-refractivity contribution >= 4 is 11.8 Å². The first-order valence-electron chi connectivity index (χ1n) is 10.4. The van der Waals surface area contributed by atoms with E-state index in [2.05, 4.69) is 28.9 Å². The number of aromatic nitrogens is 2. The molecular formula is C20H33N5O2. The number of H-pyrrole nitrogens is 1. The molecular weight excluding hydrogens is 342 g/mol. The van der Waals surface area contributed by atoms with Crippen LogP contribution in [0.5, 0.6) is 0 Å². The summed E-state index contributed by atoms with van der Waals surface area (Å²) in [5.74, 6) is 0.592. The van der Waals surface area contributed by atoms with E-state index in [0.29, 0.717) is 37.7 Å². The van der Waals surface area contributed by atoms with Gasteiger partial charge in [0.15, 0.2) is 0 Å². The van der Waals surface area contributed by atoms with Crippen LogP contribution in [-0.4, -0.2) is 82.5 Å². The van der Waals surface area contributed by atoms with Gasteiger partial charge in [-0.3, -0.25) is 14.7 Å². The summed E-state index contributed by atoms with van der Waals surface area (Å²) >= 11 is 0. The molecule has 0 saturated carbocycles. The first-order valence-corrected chi connectivity index (χ1v) is 10.4. The minimum absolute atomic E-state index is 0.0769. The molecule has 27 heavy (non-hydrogen) atoms. The zero-order valence-electron chi connectivity index (χ0n) is 16.7. The molecule has 150 valence electrons. The molecule has 0 aromatic carbocycles. The summed E-state index contributed by atoms with van der Waals surface area (Å²) < 4.78 is 0. The average Bonchev–Trinajstić information content (AvgIpc) is 3.03. The molecule has 0 atom stereocenters. The molecule has 3 heterocycles. The predicted molar refractivity (Wildman–Crippen MR) is 105 cm³/mol. The number of amides is 2. The van der Waals surface area contributed by atoms with E-state index in [4.69, 9.17) is 0 Å². The molecule has 0 bridgehead atoms. The van der Waals surface area contributed by atoms with E-state index in [-0.39, 0.29) is 11.8 Å². The average molecular weight is 376 g/mol. The number of nitrogens with one attached hydrogen (secondary N) is 1. The van der Waals surface area contributed by atoms with Crippen molar-refractivity contribution in [2.75, 3.05) is 45.8 Å². The van der Waals surface area contributed by atoms with Gasteiger partial charge >= 0.3 is 0 Å². The number of nitrogens with zero attached hydrogens (tertiary/aromatic N) is 4. The van der Waals surface area contributed by atoms with Crippen LogP contribution < -0.4 is 0 Å². The van der Waals surface area contributed by atoms with Gasteiger partial charge in [0.1, 0.15) is 5.69 Å². The predicted octanol–water partition coefficient (Wildman–Crippen LogP) is 1.77. The fraction of sp³-hybridized carbons (Fsp3) is 0.750. The maximum atomic E-state index is 12.8. The van der Waals surface area contributed by atoms with E-state index in [1.54, 1.807) is 4.90 Å². The normalized spacial score (nSPS) is 19.6. The van der Waals surface area contributed by atoms with Crippen molar-refractivity contribution in [3.8, 4) is 0 Å². The van der Waals surface area contributed by atoms with Crippen LogP contribution in [0.1, 0.15) is 55.7 Å². The zero-order chi connectivity index (χ0) is 19.2. The molecule has 0 radical (unpaired) electrons. The molecule has 2 aliphatic rings. The van der Waals surface area contributed by atoms with Crippen molar-refractivity contribution in [2.24, 2.45) is 5.92 Å². The van der Waals surface area contributed by atoms with Crippen molar-refractivity contribution in [3.05, 3.63) is 17.5 Å². The van der Waals surface area contributed by atoms with Gasteiger partial charge in [-0.25, -0.2) is 0 Å². The van der Waals surface area contributed by atoms with Gasteiger partial charge in [0.2, 0.25) is 5.91 Å². The largest absolute Gasteiger partial charge is 0.340 e. The third-order valence-electron chi connectivity index (χ3n) is 5.49. The fourth-order valence-corrected chi connectivity index (χ4v) is 3.93. The van der Waals surface area contributed by atoms with Crippen LogP contribution >= 0.6 is 0 Å². The van der Waals surface area contributed by atoms with Crippen LogP contribution in [0.15, 0.2) is 6.07 Å². The Hall–Kier alpha value is -1.89. The number of rotatable bonds is 6. The van der Waals surface area contributed by atoms with Crippen molar-refractivity contribution < 1.29 is 9.59 Å². The van der Waals surface area contributed by atoms with Crippen LogP contribution in [0, 0.1) is 5.92 Å². The number of carbonyl (C=O) groups excluding carboxylic acids is 2. The number of hydrogen-bond acceptors (Lipinski definition) is 4. The molecule has 0 aliphatic carbocycles. The zero-order valence-corrected chi connectivity index (χ0v) is 16.7. The number of carbonyl (C=O) groups is 2. The molecule has 2 saturated heterocycles. The number of likely N-dealkylation sites (tertiary alicyclic amines) is 1. The first kappa shape index (κ1) is 19.9. The van der Waals surface area contributed by atoms with Crippen LogP contribution in [0.2, 0.25) is 0 Å². The Morgan fingerprint density at radius 3 is 2.63 bits per heavy atom. The molecule has 7 nitrogen and oxygen atoms in total. The lowest BCUT2D eigenvalue weighted by molar-refractivity contribution is -0.130. The highest BCUT2D eigenvalue weighted by Crippen LogP contribution is 2.13. The molecule has 2 aliphatic heterocycles. The Balaban J connectivity index is 1.52. The molecule has 1 aromatic heterocycles. The molecule has 1 aromatic rings. The van der Waals surface area contributed by atoms with Gasteiger partial charge in [-0.05, 0) is 44.3 Å². The topological polar surface area (TPSA) is 72.5 Å². The third-order valence-corrected chi connectivity index (χ3v) is 5.49. The highest BCUT2D eigenvalue weighted by molar-refractivity contribution is 5.93. The van der Waals surface area contributed by atoms with E-state index in [1.165, 1.54) is 19.3 Å². The van der Waals surface area contributed by atoms with Gasteiger partial charge in [0.05, 0.1) is 0 Å². The summed E-state index contributed by atoms with van der Waals surface area (Å²) in [6, 6.07) is 1.85. The van der Waals surface area contributed by atoms with Gasteiger partial charge in [-0.2, -0.15) is 5.10 Å². The molecule has 7 heteroatoms. The number of aromatic amines is 1. The second-order valence-electron chi connectivity index (χ2n) is 8.20. The van der Waals surface area contributed by atoms with Crippen molar-refractivity contribution in [2.45, 2.75) is 46.0 Å². The molecule has 2 amide bonds. The Kier molecular flexibility index (Phi) is 6.88. The first-order chi connectivity index (χ1) is 13.0. The smallest absolute Gasteiger partial charge is 0.274 e. The molecule has 1 N–H and O–H groups in total. The maximum absolute atomic E-state index is 12.8. The van der Waals surface area contributed by atoms with Crippen LogP contribution in [0.25, 0.3) is 0 Å². The molecule has 2 fully saturated rings. The van der Waals surface area contributed by atoms with E-state index in [0.717, 1.165) is 38.3 Å². The second-order valence-corrected chi connectivity index (χ2v) is 8.20. The lowest BCUT2D eigenvalue weighted by atomic mass is 10.1. The Morgan fingerprint density at radius 2 is 1.89 bits per heavy atom. The van der Waals surface area contributed by atoms with Crippen molar-refractivity contribution in [1.29, 1.82) is 0 Å². The van der Waals surface area contributed by atoms with Gasteiger partial charge in [0.25, 0.3) is 5.91 Å². The van der Waals surface area contributed by atoms with E-state index in [9.17, 15) is 9.59 Å². The summed E-state index contributed by atoms with van der Waals surface area (Å²) in [6.45, 7) is 9.94. The van der Waals surface area contributed by atoms with E-state index in [1.807, 2.05) is 11.0 Å². The molecule has 3 rings (SSSR count). The van der Waals surface area contributed by atoms with Gasteiger partial charge in [0, 0.05) is 44.8 Å². The molecule has 0 spiro atoms. The second kappa shape index (κ2) is 9.35. The molecule has 0 unspecified atom stereocenters. The summed E-state index contributed by atoms with van der Waals surface area (Å²) in [7, 11) is 0. The lowest BCUT2D eigenvalue weighted by Gasteiger charge is -2.29. The Morgan fingerprint density at radius 1 is 1.11 bits per heavy atom. The highest BCUT2D eigenvalue weighted by Gasteiger charge is 2.26. The highest BCUT2D eigenvalue weighted by atomic mass is 16.2. The number of hydrogen-bond donors (Lipinski definition) is 1. The Labute approximate surface area is 162 Å². The van der Waals surface area contributed by atoms with E-state index < -0.39 is 0 Å². The third kappa shape index (κ3) is 5.54. The monoisotopic (exact) mass is 375 g/mol. The standard InChI is InChI=1S/C20H33N5O2/c1-16(2)14-17-15-18(22-21-17)20(27)25-9-6-19(26)24(12-13-25)11-10-23-7-4-3-5-8-23/h15-16H,3-14H2,1-2H3,(H,21,22). The van der Waals surface area contributed by atoms with Crippen molar-refractivity contribution in [1.82, 2.24) is 24.9 Å². The summed E-state index contributed by atoms with van der Waals surface area (Å²) in [6.07, 6.45) is 5.12. The fourth-order valence-electron chi connectivity index (χ4n) is 3.93. The summed E-state index contributed by atoms with van der Waals surface area (Å²) in [5.41, 5.74) is 1.45. The van der Waals surface area contributed by atoms with Gasteiger partial charge < -0.3 is 14.7 Å². The van der Waals surface area contributed by atoms with Crippen LogP contribution in [0.3, 0.4) is 0 Å². The lowest BCUT2D eigenvalue weighted by Crippen LogP contribution is -2.41. The van der Waals surface area contributed by atoms with E-state index >= 15 is 0 Å². The minimum Gasteiger partial charge on any atom is -0.340 e. The SMILES string of the molecule is CC(C)Cc1cc(C(=O)N2CCC(=O)N(CCN3CCCCC3)CC2)n[nH]1. The van der Waals surface area contributed by atoms with Gasteiger partial charge in [-0.1, -0.05) is 20.3 Å².